The number of anilines is 1. The van der Waals surface area contributed by atoms with Gasteiger partial charge in [-0.2, -0.15) is 0 Å². The summed E-state index contributed by atoms with van der Waals surface area (Å²) >= 11 is 0. The second-order valence-electron chi connectivity index (χ2n) is 5.90. The van der Waals surface area contributed by atoms with Crippen LogP contribution in [0.2, 0.25) is 0 Å². The Bertz CT molecular complexity index is 529. The molecule has 2 fully saturated rings. The fourth-order valence-corrected chi connectivity index (χ4v) is 2.90. The van der Waals surface area contributed by atoms with Crippen LogP contribution in [-0.2, 0) is 4.79 Å². The maximum atomic E-state index is 11.5. The third-order valence-corrected chi connectivity index (χ3v) is 4.31. The first kappa shape index (κ1) is 14.3. The molecule has 6 nitrogen and oxygen atoms in total. The first-order chi connectivity index (χ1) is 10.1. The molecule has 0 saturated carbocycles. The van der Waals surface area contributed by atoms with Gasteiger partial charge in [0.05, 0.1) is 5.69 Å². The van der Waals surface area contributed by atoms with Crippen LogP contribution >= 0.6 is 0 Å². The Morgan fingerprint density at radius 1 is 1.24 bits per heavy atom. The van der Waals surface area contributed by atoms with E-state index in [0.29, 0.717) is 5.92 Å². The predicted octanol–water partition coefficient (Wildman–Crippen LogP) is 0.530. The Labute approximate surface area is 125 Å². The first-order valence-corrected chi connectivity index (χ1v) is 7.70. The molecule has 0 atom stereocenters. The van der Waals surface area contributed by atoms with Crippen molar-refractivity contribution >= 4 is 11.7 Å². The molecule has 1 aromatic heterocycles. The number of nitrogens with one attached hydrogen (secondary N) is 1. The number of hydrogen-bond donors (Lipinski definition) is 1. The zero-order chi connectivity index (χ0) is 14.8. The minimum Gasteiger partial charge on any atom is -0.355 e. The Morgan fingerprint density at radius 3 is 2.71 bits per heavy atom. The number of carbonyl (C=O) groups is 1. The van der Waals surface area contributed by atoms with E-state index in [1.165, 1.54) is 0 Å². The van der Waals surface area contributed by atoms with Crippen LogP contribution in [0.4, 0.5) is 5.82 Å². The van der Waals surface area contributed by atoms with Crippen molar-refractivity contribution in [3.8, 4) is 0 Å². The predicted molar refractivity (Wildman–Crippen MR) is 81.5 cm³/mol. The summed E-state index contributed by atoms with van der Waals surface area (Å²) in [4.78, 5) is 24.9. The van der Waals surface area contributed by atoms with Crippen LogP contribution in [-0.4, -0.2) is 60.0 Å². The second-order valence-corrected chi connectivity index (χ2v) is 5.90. The van der Waals surface area contributed by atoms with Gasteiger partial charge in [-0.25, -0.2) is 9.97 Å². The maximum Gasteiger partial charge on any atom is 0.219 e. The van der Waals surface area contributed by atoms with Gasteiger partial charge in [-0.3, -0.25) is 4.79 Å². The van der Waals surface area contributed by atoms with E-state index in [2.05, 4.69) is 26.3 Å². The molecule has 3 heterocycles. The third kappa shape index (κ3) is 3.15. The van der Waals surface area contributed by atoms with Gasteiger partial charge in [0, 0.05) is 58.2 Å². The van der Waals surface area contributed by atoms with Gasteiger partial charge >= 0.3 is 0 Å². The van der Waals surface area contributed by atoms with Crippen LogP contribution in [0.5, 0.6) is 0 Å². The highest BCUT2D eigenvalue weighted by Gasteiger charge is 2.23. The smallest absolute Gasteiger partial charge is 0.219 e. The fourth-order valence-electron chi connectivity index (χ4n) is 2.90. The van der Waals surface area contributed by atoms with E-state index in [-0.39, 0.29) is 5.91 Å². The van der Waals surface area contributed by atoms with Crippen molar-refractivity contribution in [2.24, 2.45) is 0 Å². The van der Waals surface area contributed by atoms with Crippen molar-refractivity contribution in [1.82, 2.24) is 20.2 Å². The lowest BCUT2D eigenvalue weighted by Gasteiger charge is -2.28. The quantitative estimate of drug-likeness (QED) is 0.860. The lowest BCUT2D eigenvalue weighted by Crippen LogP contribution is -2.40. The molecular weight excluding hydrogens is 266 g/mol. The normalized spacial score (nSPS) is 20.1. The molecular formula is C15H23N5O. The van der Waals surface area contributed by atoms with E-state index in [4.69, 9.17) is 0 Å². The summed E-state index contributed by atoms with van der Waals surface area (Å²) in [6.07, 6.45) is 0.989. The summed E-state index contributed by atoms with van der Waals surface area (Å²) in [5, 5.41) is 3.29. The molecule has 1 aromatic rings. The summed E-state index contributed by atoms with van der Waals surface area (Å²) in [7, 11) is 0. The molecule has 2 aliphatic heterocycles. The number of aromatic nitrogens is 2. The summed E-state index contributed by atoms with van der Waals surface area (Å²) in [5.41, 5.74) is 1.14. The Morgan fingerprint density at radius 2 is 2.05 bits per heavy atom. The SMILES string of the molecule is CC(=O)N1CCCN(c2cc(C3CNC3)nc(C)n2)CC1. The number of hydrogen-bond acceptors (Lipinski definition) is 5. The largest absolute Gasteiger partial charge is 0.355 e. The van der Waals surface area contributed by atoms with E-state index in [1.54, 1.807) is 6.92 Å². The number of nitrogens with zero attached hydrogens (tertiary/aromatic N) is 4. The van der Waals surface area contributed by atoms with Crippen LogP contribution in [0.1, 0.15) is 30.8 Å². The molecule has 1 N–H and O–H groups in total. The molecule has 2 aliphatic rings. The van der Waals surface area contributed by atoms with Gasteiger partial charge < -0.3 is 15.1 Å². The minimum absolute atomic E-state index is 0.164. The molecule has 2 saturated heterocycles. The molecule has 0 unspecified atom stereocenters. The first-order valence-electron chi connectivity index (χ1n) is 7.70. The van der Waals surface area contributed by atoms with Gasteiger partial charge in [0.2, 0.25) is 5.91 Å². The lowest BCUT2D eigenvalue weighted by molar-refractivity contribution is -0.128. The van der Waals surface area contributed by atoms with Crippen LogP contribution in [0.15, 0.2) is 6.07 Å². The zero-order valence-electron chi connectivity index (χ0n) is 12.8. The lowest BCUT2D eigenvalue weighted by atomic mass is 9.99. The van der Waals surface area contributed by atoms with Crippen molar-refractivity contribution in [2.45, 2.75) is 26.2 Å². The zero-order valence-corrected chi connectivity index (χ0v) is 12.8. The van der Waals surface area contributed by atoms with Crippen molar-refractivity contribution < 1.29 is 4.79 Å². The van der Waals surface area contributed by atoms with Gasteiger partial charge in [-0.1, -0.05) is 0 Å². The summed E-state index contributed by atoms with van der Waals surface area (Å²) in [6.45, 7) is 9.03. The molecule has 21 heavy (non-hydrogen) atoms. The third-order valence-electron chi connectivity index (χ3n) is 4.31. The standard InChI is InChI=1S/C15H23N5O/c1-11-17-14(13-9-16-10-13)8-15(18-11)20-5-3-4-19(6-7-20)12(2)21/h8,13,16H,3-7,9-10H2,1-2H3. The molecule has 3 rings (SSSR count). The van der Waals surface area contributed by atoms with Crippen molar-refractivity contribution in [3.05, 3.63) is 17.6 Å². The van der Waals surface area contributed by atoms with Crippen LogP contribution in [0.3, 0.4) is 0 Å². The van der Waals surface area contributed by atoms with E-state index in [1.807, 2.05) is 11.8 Å². The number of amides is 1. The van der Waals surface area contributed by atoms with Gasteiger partial charge in [-0.15, -0.1) is 0 Å². The van der Waals surface area contributed by atoms with E-state index >= 15 is 0 Å². The van der Waals surface area contributed by atoms with Crippen LogP contribution < -0.4 is 10.2 Å². The molecule has 0 aromatic carbocycles. The fraction of sp³-hybridized carbons (Fsp3) is 0.667. The van der Waals surface area contributed by atoms with Gasteiger partial charge in [0.1, 0.15) is 11.6 Å². The average Bonchev–Trinajstić information content (AvgIpc) is 2.61. The van der Waals surface area contributed by atoms with E-state index in [9.17, 15) is 4.79 Å². The maximum absolute atomic E-state index is 11.5. The van der Waals surface area contributed by atoms with E-state index in [0.717, 1.165) is 63.0 Å². The van der Waals surface area contributed by atoms with E-state index < -0.39 is 0 Å². The van der Waals surface area contributed by atoms with Crippen molar-refractivity contribution in [2.75, 3.05) is 44.2 Å². The number of rotatable bonds is 2. The van der Waals surface area contributed by atoms with Gasteiger partial charge in [0.25, 0.3) is 0 Å². The highest BCUT2D eigenvalue weighted by Crippen LogP contribution is 2.22. The molecule has 0 bridgehead atoms. The Balaban J connectivity index is 1.76. The van der Waals surface area contributed by atoms with Crippen LogP contribution in [0.25, 0.3) is 0 Å². The topological polar surface area (TPSA) is 61.4 Å². The van der Waals surface area contributed by atoms with Gasteiger partial charge in [-0.05, 0) is 13.3 Å². The van der Waals surface area contributed by atoms with Crippen molar-refractivity contribution in [1.29, 1.82) is 0 Å². The Hall–Kier alpha value is -1.69. The average molecular weight is 289 g/mol. The number of aryl methyl sites for hydroxylation is 1. The highest BCUT2D eigenvalue weighted by molar-refractivity contribution is 5.73. The molecule has 0 aliphatic carbocycles. The summed E-state index contributed by atoms with van der Waals surface area (Å²) in [6, 6.07) is 2.13. The van der Waals surface area contributed by atoms with Crippen molar-refractivity contribution in [3.63, 3.8) is 0 Å². The molecule has 6 heteroatoms. The summed E-state index contributed by atoms with van der Waals surface area (Å²) < 4.78 is 0. The molecule has 0 radical (unpaired) electrons. The van der Waals surface area contributed by atoms with Crippen LogP contribution in [0, 0.1) is 6.92 Å². The second kappa shape index (κ2) is 5.97. The minimum atomic E-state index is 0.164. The Kier molecular flexibility index (Phi) is 4.05. The molecule has 1 amide bonds. The molecule has 114 valence electrons. The molecule has 0 spiro atoms. The van der Waals surface area contributed by atoms with Gasteiger partial charge in [0.15, 0.2) is 0 Å². The highest BCUT2D eigenvalue weighted by atomic mass is 16.2. The monoisotopic (exact) mass is 289 g/mol. The summed E-state index contributed by atoms with van der Waals surface area (Å²) in [5.74, 6) is 2.53. The number of carbonyl (C=O) groups excluding carboxylic acids is 1.